The lowest BCUT2D eigenvalue weighted by Gasteiger charge is -2.41. The number of nitrogens with two attached hydrogens (primary N) is 1. The third-order valence-electron chi connectivity index (χ3n) is 7.36. The summed E-state index contributed by atoms with van der Waals surface area (Å²) in [4.78, 5) is 29.0. The van der Waals surface area contributed by atoms with Crippen LogP contribution in [0.5, 0.6) is 0 Å². The Morgan fingerprint density at radius 1 is 1.21 bits per heavy atom. The van der Waals surface area contributed by atoms with Crippen LogP contribution in [0.2, 0.25) is 0 Å². The summed E-state index contributed by atoms with van der Waals surface area (Å²) in [6.45, 7) is 6.67. The van der Waals surface area contributed by atoms with Gasteiger partial charge in [-0.2, -0.15) is 0 Å². The molecule has 5 nitrogen and oxygen atoms in total. The van der Waals surface area contributed by atoms with E-state index in [9.17, 15) is 14.0 Å². The number of nitrogens with zero attached hydrogens (tertiary/aromatic N) is 2. The second kappa shape index (κ2) is 7.71. The van der Waals surface area contributed by atoms with Gasteiger partial charge in [-0.25, -0.2) is 4.39 Å². The van der Waals surface area contributed by atoms with E-state index in [-0.39, 0.29) is 23.7 Å². The first-order valence-electron chi connectivity index (χ1n) is 10.9. The van der Waals surface area contributed by atoms with Crippen molar-refractivity contribution in [3.63, 3.8) is 0 Å². The summed E-state index contributed by atoms with van der Waals surface area (Å²) in [6, 6.07) is 3.33. The molecule has 4 rings (SSSR count). The molecule has 0 aromatic heterocycles. The van der Waals surface area contributed by atoms with E-state index in [4.69, 9.17) is 5.73 Å². The van der Waals surface area contributed by atoms with Gasteiger partial charge in [-0.1, -0.05) is 18.9 Å². The first-order valence-corrected chi connectivity index (χ1v) is 10.9. The molecule has 1 aromatic rings. The zero-order valence-corrected chi connectivity index (χ0v) is 17.5. The maximum atomic E-state index is 14.7. The molecule has 0 radical (unpaired) electrons. The minimum atomic E-state index is -0.605. The number of benzene rings is 1. The molecule has 1 atom stereocenters. The summed E-state index contributed by atoms with van der Waals surface area (Å²) in [5, 5.41) is 0. The summed E-state index contributed by atoms with van der Waals surface area (Å²) >= 11 is 0. The second-order valence-electron chi connectivity index (χ2n) is 9.24. The van der Waals surface area contributed by atoms with Gasteiger partial charge in [-0.15, -0.1) is 0 Å². The Bertz CT molecular complexity index is 815. The van der Waals surface area contributed by atoms with E-state index in [0.717, 1.165) is 62.7 Å². The lowest BCUT2D eigenvalue weighted by molar-refractivity contribution is -0.140. The molecule has 1 aliphatic heterocycles. The molecule has 3 fully saturated rings. The van der Waals surface area contributed by atoms with Gasteiger partial charge < -0.3 is 10.6 Å². The number of carbonyl (C=O) groups excluding carboxylic acids is 2. The Hall–Kier alpha value is -1.95. The number of piperazine rings is 1. The van der Waals surface area contributed by atoms with Crippen molar-refractivity contribution in [2.24, 2.45) is 11.7 Å². The van der Waals surface area contributed by atoms with E-state index >= 15 is 0 Å². The first-order chi connectivity index (χ1) is 13.8. The first kappa shape index (κ1) is 20.3. The van der Waals surface area contributed by atoms with E-state index in [0.29, 0.717) is 24.6 Å². The highest BCUT2D eigenvalue weighted by molar-refractivity contribution is 5.90. The number of carbonyl (C=O) groups is 2. The Labute approximate surface area is 172 Å². The average Bonchev–Trinajstić information content (AvgIpc) is 3.30. The van der Waals surface area contributed by atoms with Gasteiger partial charge in [0.05, 0.1) is 5.41 Å². The highest BCUT2D eigenvalue weighted by Crippen LogP contribution is 2.49. The van der Waals surface area contributed by atoms with Crippen LogP contribution >= 0.6 is 0 Å². The van der Waals surface area contributed by atoms with Crippen molar-refractivity contribution in [3.05, 3.63) is 34.6 Å². The van der Waals surface area contributed by atoms with Crippen molar-refractivity contribution in [1.82, 2.24) is 9.80 Å². The summed E-state index contributed by atoms with van der Waals surface area (Å²) in [7, 11) is 0. The minimum Gasteiger partial charge on any atom is -0.369 e. The van der Waals surface area contributed by atoms with Crippen molar-refractivity contribution in [1.29, 1.82) is 0 Å². The van der Waals surface area contributed by atoms with Gasteiger partial charge in [0.25, 0.3) is 0 Å². The maximum absolute atomic E-state index is 14.7. The molecule has 3 aliphatic rings. The van der Waals surface area contributed by atoms with Gasteiger partial charge in [0.1, 0.15) is 5.82 Å². The third-order valence-corrected chi connectivity index (χ3v) is 7.36. The molecule has 2 saturated carbocycles. The summed E-state index contributed by atoms with van der Waals surface area (Å²) in [6.07, 6.45) is 5.84. The predicted molar refractivity (Wildman–Crippen MR) is 110 cm³/mol. The normalized spacial score (nSPS) is 24.7. The van der Waals surface area contributed by atoms with Crippen LogP contribution in [-0.2, 0) is 21.5 Å². The van der Waals surface area contributed by atoms with Crippen LogP contribution in [-0.4, -0.2) is 47.3 Å². The van der Waals surface area contributed by atoms with E-state index in [1.54, 1.807) is 6.07 Å². The number of rotatable bonds is 5. The topological polar surface area (TPSA) is 66.6 Å². The monoisotopic (exact) mass is 401 g/mol. The standard InChI is InChI=1S/C23H32FN3O2/c1-15-13-26(11-12-27(15)21(28)17-5-3-4-6-17)14-18-16(2)19(7-8-20(18)24)23(9-10-23)22(25)29/h7-8,15,17H,3-6,9-14H2,1-2H3,(H2,25,29). The molecule has 158 valence electrons. The number of amides is 2. The lowest BCUT2D eigenvalue weighted by atomic mass is 9.88. The molecule has 29 heavy (non-hydrogen) atoms. The van der Waals surface area contributed by atoms with Crippen LogP contribution in [0.25, 0.3) is 0 Å². The fourth-order valence-corrected chi connectivity index (χ4v) is 5.34. The Morgan fingerprint density at radius 2 is 1.90 bits per heavy atom. The predicted octanol–water partition coefficient (Wildman–Crippen LogP) is 2.87. The Kier molecular flexibility index (Phi) is 5.40. The highest BCUT2D eigenvalue weighted by atomic mass is 19.1. The molecule has 1 unspecified atom stereocenters. The number of hydrogen-bond donors (Lipinski definition) is 1. The van der Waals surface area contributed by atoms with Crippen LogP contribution < -0.4 is 5.73 Å². The van der Waals surface area contributed by atoms with Crippen LogP contribution in [0.1, 0.15) is 62.1 Å². The van der Waals surface area contributed by atoms with Crippen LogP contribution in [0.15, 0.2) is 12.1 Å². The van der Waals surface area contributed by atoms with Gasteiger partial charge in [-0.3, -0.25) is 14.5 Å². The summed E-state index contributed by atoms with van der Waals surface area (Å²) < 4.78 is 14.7. The summed E-state index contributed by atoms with van der Waals surface area (Å²) in [5.74, 6) is -0.0468. The Balaban J connectivity index is 1.46. The van der Waals surface area contributed by atoms with Crippen molar-refractivity contribution in [2.45, 2.75) is 70.4 Å². The van der Waals surface area contributed by atoms with E-state index < -0.39 is 5.41 Å². The molecule has 6 heteroatoms. The van der Waals surface area contributed by atoms with Gasteiger partial charge in [0.2, 0.25) is 11.8 Å². The van der Waals surface area contributed by atoms with E-state index in [1.807, 2.05) is 11.8 Å². The quantitative estimate of drug-likeness (QED) is 0.825. The molecule has 2 N–H and O–H groups in total. The van der Waals surface area contributed by atoms with Crippen LogP contribution in [0.3, 0.4) is 0 Å². The average molecular weight is 402 g/mol. The molecular weight excluding hydrogens is 369 g/mol. The molecule has 2 amide bonds. The fourth-order valence-electron chi connectivity index (χ4n) is 5.34. The van der Waals surface area contributed by atoms with E-state index in [2.05, 4.69) is 11.8 Å². The lowest BCUT2D eigenvalue weighted by Crippen LogP contribution is -2.54. The molecule has 1 saturated heterocycles. The van der Waals surface area contributed by atoms with Crippen LogP contribution in [0.4, 0.5) is 4.39 Å². The van der Waals surface area contributed by atoms with Gasteiger partial charge in [0.15, 0.2) is 0 Å². The molecular formula is C23H32FN3O2. The molecule has 0 spiro atoms. The third kappa shape index (κ3) is 3.67. The van der Waals surface area contributed by atoms with Gasteiger partial charge in [0, 0.05) is 43.7 Å². The van der Waals surface area contributed by atoms with E-state index in [1.165, 1.54) is 6.07 Å². The van der Waals surface area contributed by atoms with Crippen molar-refractivity contribution >= 4 is 11.8 Å². The van der Waals surface area contributed by atoms with Crippen molar-refractivity contribution in [3.8, 4) is 0 Å². The highest BCUT2D eigenvalue weighted by Gasteiger charge is 2.51. The Morgan fingerprint density at radius 3 is 2.48 bits per heavy atom. The largest absolute Gasteiger partial charge is 0.369 e. The van der Waals surface area contributed by atoms with Gasteiger partial charge in [-0.05, 0) is 56.7 Å². The van der Waals surface area contributed by atoms with Crippen molar-refractivity contribution < 1.29 is 14.0 Å². The number of primary amides is 1. The molecule has 2 aliphatic carbocycles. The van der Waals surface area contributed by atoms with Crippen molar-refractivity contribution in [2.75, 3.05) is 19.6 Å². The zero-order valence-electron chi connectivity index (χ0n) is 17.5. The maximum Gasteiger partial charge on any atom is 0.228 e. The van der Waals surface area contributed by atoms with Gasteiger partial charge >= 0.3 is 0 Å². The molecule has 1 heterocycles. The number of hydrogen-bond acceptors (Lipinski definition) is 3. The van der Waals surface area contributed by atoms with Crippen LogP contribution in [0, 0.1) is 18.7 Å². The smallest absolute Gasteiger partial charge is 0.228 e. The fraction of sp³-hybridized carbons (Fsp3) is 0.652. The summed E-state index contributed by atoms with van der Waals surface area (Å²) in [5.41, 5.74) is 7.41. The molecule has 0 bridgehead atoms. The number of halogens is 1. The SMILES string of the molecule is Cc1c(C2(C(N)=O)CC2)ccc(F)c1CN1CCN(C(=O)C2CCCC2)C(C)C1. The molecule has 1 aromatic carbocycles. The minimum absolute atomic E-state index is 0.129. The zero-order chi connectivity index (χ0) is 20.8. The second-order valence-corrected chi connectivity index (χ2v) is 9.24.